The van der Waals surface area contributed by atoms with Crippen LogP contribution >= 0.6 is 11.3 Å². The average molecular weight is 422 g/mol. The molecule has 1 saturated carbocycles. The normalized spacial score (nSPS) is 14.4. The van der Waals surface area contributed by atoms with Crippen LogP contribution in [0.4, 0.5) is 4.39 Å². The van der Waals surface area contributed by atoms with Gasteiger partial charge in [-0.1, -0.05) is 12.8 Å². The predicted molar refractivity (Wildman–Crippen MR) is 114 cm³/mol. The Labute approximate surface area is 176 Å². The maximum absolute atomic E-state index is 14.1. The molecule has 0 bridgehead atoms. The topological polar surface area (TPSA) is 83.6 Å². The first-order valence-corrected chi connectivity index (χ1v) is 10.9. The van der Waals surface area contributed by atoms with Crippen molar-refractivity contribution in [2.45, 2.75) is 38.1 Å². The molecule has 1 aromatic carbocycles. The highest BCUT2D eigenvalue weighted by Crippen LogP contribution is 2.33. The van der Waals surface area contributed by atoms with Crippen LogP contribution in [0.3, 0.4) is 0 Å². The Morgan fingerprint density at radius 1 is 1.20 bits per heavy atom. The number of thiophene rings is 1. The quantitative estimate of drug-likeness (QED) is 0.484. The van der Waals surface area contributed by atoms with Crippen LogP contribution in [0.5, 0.6) is 0 Å². The van der Waals surface area contributed by atoms with Crippen molar-refractivity contribution in [3.63, 3.8) is 0 Å². The van der Waals surface area contributed by atoms with Gasteiger partial charge in [0.15, 0.2) is 11.3 Å². The number of carbonyl (C=O) groups is 1. The lowest BCUT2D eigenvalue weighted by molar-refractivity contribution is 0.0947. The van der Waals surface area contributed by atoms with Gasteiger partial charge in [0.05, 0.1) is 0 Å². The summed E-state index contributed by atoms with van der Waals surface area (Å²) in [5.41, 5.74) is 3.75. The Morgan fingerprint density at radius 3 is 2.87 bits per heavy atom. The van der Waals surface area contributed by atoms with Crippen LogP contribution in [0, 0.1) is 5.82 Å². The Kier molecular flexibility index (Phi) is 5.00. The Hall–Kier alpha value is -3.13. The van der Waals surface area contributed by atoms with E-state index in [0.717, 1.165) is 29.8 Å². The van der Waals surface area contributed by atoms with E-state index in [-0.39, 0.29) is 24.0 Å². The summed E-state index contributed by atoms with van der Waals surface area (Å²) >= 11 is 1.56. The molecule has 0 spiro atoms. The summed E-state index contributed by atoms with van der Waals surface area (Å²) in [5, 5.41) is 6.76. The van der Waals surface area contributed by atoms with Gasteiger partial charge in [-0.15, -0.1) is 0 Å². The molecule has 4 aromatic rings. The van der Waals surface area contributed by atoms with Crippen molar-refractivity contribution in [1.29, 1.82) is 0 Å². The van der Waals surface area contributed by atoms with E-state index in [9.17, 15) is 9.18 Å². The van der Waals surface area contributed by atoms with E-state index in [0.29, 0.717) is 22.6 Å². The smallest absolute Gasteiger partial charge is 0.272 e. The molecule has 8 heteroatoms. The molecule has 6 nitrogen and oxygen atoms in total. The zero-order chi connectivity index (χ0) is 20.5. The fourth-order valence-electron chi connectivity index (χ4n) is 4.02. The third kappa shape index (κ3) is 3.70. The van der Waals surface area contributed by atoms with Gasteiger partial charge in [0.25, 0.3) is 5.91 Å². The van der Waals surface area contributed by atoms with Gasteiger partial charge in [0.2, 0.25) is 0 Å². The van der Waals surface area contributed by atoms with Crippen LogP contribution in [0.1, 0.15) is 53.5 Å². The zero-order valence-electron chi connectivity index (χ0n) is 16.2. The van der Waals surface area contributed by atoms with E-state index in [1.54, 1.807) is 11.3 Å². The molecule has 0 radical (unpaired) electrons. The fourth-order valence-corrected chi connectivity index (χ4v) is 4.69. The van der Waals surface area contributed by atoms with Gasteiger partial charge in [0, 0.05) is 12.5 Å². The number of carbonyl (C=O) groups excluding carboxylic acids is 1. The highest BCUT2D eigenvalue weighted by atomic mass is 32.1. The van der Waals surface area contributed by atoms with Crippen LogP contribution in [0.25, 0.3) is 22.3 Å². The summed E-state index contributed by atoms with van der Waals surface area (Å²) in [6.07, 6.45) is 5.94. The van der Waals surface area contributed by atoms with Gasteiger partial charge >= 0.3 is 0 Å². The minimum absolute atomic E-state index is 0.197. The molecule has 152 valence electrons. The molecule has 1 amide bonds. The van der Waals surface area contributed by atoms with Crippen LogP contribution in [-0.2, 0) is 6.54 Å². The maximum atomic E-state index is 14.1. The zero-order valence-corrected chi connectivity index (χ0v) is 17.0. The van der Waals surface area contributed by atoms with Crippen LogP contribution in [0.2, 0.25) is 0 Å². The van der Waals surface area contributed by atoms with E-state index in [4.69, 9.17) is 0 Å². The fraction of sp³-hybridized carbons (Fsp3) is 0.273. The summed E-state index contributed by atoms with van der Waals surface area (Å²) in [5.74, 6) is 0.591. The second-order valence-electron chi connectivity index (χ2n) is 7.57. The van der Waals surface area contributed by atoms with E-state index in [2.05, 4.69) is 25.3 Å². The van der Waals surface area contributed by atoms with Crippen molar-refractivity contribution in [3.8, 4) is 11.1 Å². The van der Waals surface area contributed by atoms with E-state index in [1.807, 2.05) is 22.9 Å². The molecule has 1 fully saturated rings. The Balaban J connectivity index is 1.36. The molecular weight excluding hydrogens is 401 g/mol. The maximum Gasteiger partial charge on any atom is 0.272 e. The third-order valence-electron chi connectivity index (χ3n) is 5.53. The van der Waals surface area contributed by atoms with Crippen molar-refractivity contribution >= 4 is 28.4 Å². The highest BCUT2D eigenvalue weighted by molar-refractivity contribution is 7.08. The van der Waals surface area contributed by atoms with E-state index < -0.39 is 0 Å². The van der Waals surface area contributed by atoms with Crippen molar-refractivity contribution in [2.24, 2.45) is 0 Å². The second kappa shape index (κ2) is 7.95. The number of aromatic nitrogens is 4. The standard InChI is InChI=1S/C22H20FN5OS/c23-17-8-13(7-16(9-17)15-5-6-30-11-15)10-24-22(29)19-18-21(26-12-25-19)28-20(27-18)14-3-1-2-4-14/h5-9,11-12,14H,1-4,10H2,(H,24,29)(H,25,26,27,28). The summed E-state index contributed by atoms with van der Waals surface area (Å²) in [4.78, 5) is 29.0. The summed E-state index contributed by atoms with van der Waals surface area (Å²) in [6, 6.07) is 6.76. The molecule has 3 heterocycles. The molecule has 30 heavy (non-hydrogen) atoms. The minimum atomic E-state index is -0.342. The molecule has 0 saturated heterocycles. The van der Waals surface area contributed by atoms with Gasteiger partial charge in [0.1, 0.15) is 23.5 Å². The highest BCUT2D eigenvalue weighted by Gasteiger charge is 2.23. The number of hydrogen-bond acceptors (Lipinski definition) is 5. The number of H-pyrrole nitrogens is 1. The van der Waals surface area contributed by atoms with Gasteiger partial charge in [-0.25, -0.2) is 19.3 Å². The van der Waals surface area contributed by atoms with Crippen LogP contribution < -0.4 is 5.32 Å². The van der Waals surface area contributed by atoms with Gasteiger partial charge in [-0.3, -0.25) is 4.79 Å². The number of halogens is 1. The molecule has 2 N–H and O–H groups in total. The Bertz CT molecular complexity index is 1200. The summed E-state index contributed by atoms with van der Waals surface area (Å²) in [6.45, 7) is 0.197. The number of rotatable bonds is 5. The van der Waals surface area contributed by atoms with Crippen molar-refractivity contribution in [2.75, 3.05) is 0 Å². The van der Waals surface area contributed by atoms with Crippen LogP contribution in [-0.4, -0.2) is 25.8 Å². The first-order valence-electron chi connectivity index (χ1n) is 9.98. The minimum Gasteiger partial charge on any atom is -0.347 e. The van der Waals surface area contributed by atoms with Gasteiger partial charge in [-0.2, -0.15) is 11.3 Å². The van der Waals surface area contributed by atoms with Crippen molar-refractivity contribution in [1.82, 2.24) is 25.3 Å². The summed E-state index contributed by atoms with van der Waals surface area (Å²) < 4.78 is 14.1. The predicted octanol–water partition coefficient (Wildman–Crippen LogP) is 4.81. The molecule has 0 aliphatic heterocycles. The lowest BCUT2D eigenvalue weighted by Gasteiger charge is -2.08. The van der Waals surface area contributed by atoms with Gasteiger partial charge < -0.3 is 10.3 Å². The number of nitrogens with zero attached hydrogens (tertiary/aromatic N) is 3. The first-order chi connectivity index (χ1) is 14.7. The second-order valence-corrected chi connectivity index (χ2v) is 8.35. The third-order valence-corrected chi connectivity index (χ3v) is 6.21. The number of aromatic amines is 1. The monoisotopic (exact) mass is 421 g/mol. The summed E-state index contributed by atoms with van der Waals surface area (Å²) in [7, 11) is 0. The van der Waals surface area contributed by atoms with E-state index in [1.165, 1.54) is 31.3 Å². The number of fused-ring (bicyclic) bond motifs is 1. The number of hydrogen-bond donors (Lipinski definition) is 2. The van der Waals surface area contributed by atoms with Crippen molar-refractivity contribution < 1.29 is 9.18 Å². The average Bonchev–Trinajstić information content (AvgIpc) is 3.51. The number of imidazole rings is 1. The SMILES string of the molecule is O=C(NCc1cc(F)cc(-c2ccsc2)c1)c1ncnc2nc(C3CCCC3)[nH]c12. The molecular formula is C22H20FN5OS. The lowest BCUT2D eigenvalue weighted by atomic mass is 10.1. The Morgan fingerprint density at radius 2 is 2.07 bits per heavy atom. The lowest BCUT2D eigenvalue weighted by Crippen LogP contribution is -2.24. The van der Waals surface area contributed by atoms with Gasteiger partial charge in [-0.05, 0) is 64.6 Å². The molecule has 1 aliphatic carbocycles. The molecule has 0 atom stereocenters. The molecule has 1 aliphatic rings. The van der Waals surface area contributed by atoms with Crippen LogP contribution in [0.15, 0.2) is 41.4 Å². The van der Waals surface area contributed by atoms with E-state index >= 15 is 0 Å². The number of amides is 1. The number of nitrogens with one attached hydrogen (secondary N) is 2. The van der Waals surface area contributed by atoms with Crippen molar-refractivity contribution in [3.05, 3.63) is 64.3 Å². The largest absolute Gasteiger partial charge is 0.347 e. The molecule has 3 aromatic heterocycles. The molecule has 0 unspecified atom stereocenters. The first kappa shape index (κ1) is 18.9. The number of benzene rings is 1. The molecule has 5 rings (SSSR count).